The molecule has 0 aliphatic carbocycles. The number of aryl methyl sites for hydroxylation is 1. The Kier molecular flexibility index (Phi) is 7.97. The van der Waals surface area contributed by atoms with Gasteiger partial charge >= 0.3 is 0 Å². The van der Waals surface area contributed by atoms with Crippen LogP contribution in [0.4, 0.5) is 0 Å². The van der Waals surface area contributed by atoms with Crippen LogP contribution in [-0.2, 0) is 20.2 Å². The van der Waals surface area contributed by atoms with Gasteiger partial charge in [-0.15, -0.1) is 0 Å². The van der Waals surface area contributed by atoms with Crippen molar-refractivity contribution in [1.82, 2.24) is 19.8 Å². The molecule has 2 heterocycles. The van der Waals surface area contributed by atoms with Crippen LogP contribution in [0.15, 0.2) is 54.7 Å². The van der Waals surface area contributed by atoms with E-state index in [-0.39, 0.29) is 29.5 Å². The monoisotopic (exact) mass is 516 g/mol. The highest BCUT2D eigenvalue weighted by Gasteiger charge is 2.30. The second-order valence-corrected chi connectivity index (χ2v) is 9.18. The minimum atomic E-state index is -0.775. The summed E-state index contributed by atoms with van der Waals surface area (Å²) < 4.78 is 7.42. The molecule has 0 bridgehead atoms. The maximum Gasteiger partial charge on any atom is 0.295 e. The Morgan fingerprint density at radius 2 is 1.71 bits per heavy atom. The molecule has 0 radical (unpaired) electrons. The Bertz CT molecular complexity index is 1210. The molecule has 2 aromatic carbocycles. The smallest absolute Gasteiger partial charge is 0.295 e. The van der Waals surface area contributed by atoms with Crippen molar-refractivity contribution in [3.8, 4) is 5.75 Å². The highest BCUT2D eigenvalue weighted by atomic mass is 35.5. The van der Waals surface area contributed by atoms with Crippen LogP contribution in [-0.4, -0.2) is 57.6 Å². The lowest BCUT2D eigenvalue weighted by Gasteiger charge is -2.34. The SMILES string of the molecule is Cn1cc(C(=O)N2CCN(Cc3ccccc3)CC2)c(OCc2ccc(Cl)c(Cl)c2)c1C(=O)NO. The Morgan fingerprint density at radius 3 is 2.37 bits per heavy atom. The third-order valence-electron chi connectivity index (χ3n) is 5.96. The molecule has 0 spiro atoms. The van der Waals surface area contributed by atoms with Crippen molar-refractivity contribution in [1.29, 1.82) is 0 Å². The van der Waals surface area contributed by atoms with Crippen molar-refractivity contribution < 1.29 is 19.5 Å². The molecule has 4 rings (SSSR count). The third kappa shape index (κ3) is 5.79. The number of hydroxylamine groups is 1. The molecule has 1 aliphatic heterocycles. The van der Waals surface area contributed by atoms with Crippen LogP contribution < -0.4 is 10.2 Å². The fourth-order valence-corrected chi connectivity index (χ4v) is 4.45. The lowest BCUT2D eigenvalue weighted by molar-refractivity contribution is 0.0624. The number of nitrogens with one attached hydrogen (secondary N) is 1. The van der Waals surface area contributed by atoms with Crippen molar-refractivity contribution in [2.45, 2.75) is 13.2 Å². The molecule has 2 N–H and O–H groups in total. The number of rotatable bonds is 7. The van der Waals surface area contributed by atoms with Crippen molar-refractivity contribution in [3.63, 3.8) is 0 Å². The molecule has 0 saturated carbocycles. The summed E-state index contributed by atoms with van der Waals surface area (Å²) in [6, 6.07) is 15.3. The Labute approximate surface area is 213 Å². The van der Waals surface area contributed by atoms with Gasteiger partial charge in [-0.3, -0.25) is 19.7 Å². The number of nitrogens with zero attached hydrogens (tertiary/aromatic N) is 3. The van der Waals surface area contributed by atoms with Crippen LogP contribution in [0.5, 0.6) is 5.75 Å². The zero-order chi connectivity index (χ0) is 24.9. The van der Waals surface area contributed by atoms with Gasteiger partial charge in [0.2, 0.25) is 0 Å². The van der Waals surface area contributed by atoms with Gasteiger partial charge in [0.1, 0.15) is 12.2 Å². The van der Waals surface area contributed by atoms with Crippen LogP contribution in [0.3, 0.4) is 0 Å². The third-order valence-corrected chi connectivity index (χ3v) is 6.70. The molecule has 1 aromatic heterocycles. The Hall–Kier alpha value is -3.04. The molecule has 1 saturated heterocycles. The Morgan fingerprint density at radius 1 is 1.00 bits per heavy atom. The maximum atomic E-state index is 13.5. The standard InChI is InChI=1S/C25H26Cl2N4O4/c1-29-15-19(25(33)31-11-9-30(10-12-31)14-17-5-3-2-4-6-17)23(22(29)24(32)28-34)35-16-18-7-8-20(26)21(27)13-18/h2-8,13,15,34H,9-12,14,16H2,1H3,(H,28,32). The van der Waals surface area contributed by atoms with Crippen LogP contribution in [0.25, 0.3) is 0 Å². The van der Waals surface area contributed by atoms with E-state index in [1.54, 1.807) is 41.8 Å². The van der Waals surface area contributed by atoms with E-state index in [1.165, 1.54) is 10.1 Å². The quantitative estimate of drug-likeness (QED) is 0.366. The normalized spacial score (nSPS) is 14.1. The highest BCUT2D eigenvalue weighted by Crippen LogP contribution is 2.30. The van der Waals surface area contributed by atoms with E-state index in [0.717, 1.165) is 19.6 Å². The zero-order valence-electron chi connectivity index (χ0n) is 19.2. The van der Waals surface area contributed by atoms with Gasteiger partial charge in [0.15, 0.2) is 11.4 Å². The van der Waals surface area contributed by atoms with Gasteiger partial charge in [-0.05, 0) is 23.3 Å². The summed E-state index contributed by atoms with van der Waals surface area (Å²) in [5.74, 6) is -0.911. The molecule has 2 amide bonds. The molecule has 1 fully saturated rings. The van der Waals surface area contributed by atoms with E-state index in [4.69, 9.17) is 27.9 Å². The van der Waals surface area contributed by atoms with Gasteiger partial charge in [0, 0.05) is 46.0 Å². The van der Waals surface area contributed by atoms with Crippen LogP contribution in [0, 0.1) is 0 Å². The molecule has 0 atom stereocenters. The van der Waals surface area contributed by atoms with Crippen LogP contribution in [0.2, 0.25) is 10.0 Å². The lowest BCUT2D eigenvalue weighted by Crippen LogP contribution is -2.48. The van der Waals surface area contributed by atoms with E-state index in [2.05, 4.69) is 17.0 Å². The fraction of sp³-hybridized carbons (Fsp3) is 0.280. The summed E-state index contributed by atoms with van der Waals surface area (Å²) >= 11 is 12.1. The zero-order valence-corrected chi connectivity index (χ0v) is 20.7. The molecule has 35 heavy (non-hydrogen) atoms. The number of amides is 2. The summed E-state index contributed by atoms with van der Waals surface area (Å²) in [7, 11) is 1.62. The first kappa shape index (κ1) is 25.1. The first-order valence-electron chi connectivity index (χ1n) is 11.1. The van der Waals surface area contributed by atoms with E-state index >= 15 is 0 Å². The summed E-state index contributed by atoms with van der Waals surface area (Å²) in [5, 5.41) is 10.0. The van der Waals surface area contributed by atoms with Crippen molar-refractivity contribution in [3.05, 3.63) is 87.2 Å². The molecule has 1 aliphatic rings. The van der Waals surface area contributed by atoms with Gasteiger partial charge in [-0.2, -0.15) is 0 Å². The van der Waals surface area contributed by atoms with Gasteiger partial charge in [-0.1, -0.05) is 59.6 Å². The number of hydrogen-bond donors (Lipinski definition) is 2. The summed E-state index contributed by atoms with van der Waals surface area (Å²) in [6.45, 7) is 3.45. The van der Waals surface area contributed by atoms with Gasteiger partial charge in [-0.25, -0.2) is 5.48 Å². The number of piperazine rings is 1. The molecule has 0 unspecified atom stereocenters. The number of hydrogen-bond acceptors (Lipinski definition) is 5. The van der Waals surface area contributed by atoms with Gasteiger partial charge in [0.25, 0.3) is 11.8 Å². The summed E-state index contributed by atoms with van der Waals surface area (Å²) in [4.78, 5) is 29.9. The summed E-state index contributed by atoms with van der Waals surface area (Å²) in [6.07, 6.45) is 1.55. The number of ether oxygens (including phenoxy) is 1. The number of carbonyl (C=O) groups is 2. The molecule has 10 heteroatoms. The molecular formula is C25H26Cl2N4O4. The second-order valence-electron chi connectivity index (χ2n) is 8.36. The number of carbonyl (C=O) groups excluding carboxylic acids is 2. The van der Waals surface area contributed by atoms with Crippen LogP contribution in [0.1, 0.15) is 32.0 Å². The van der Waals surface area contributed by atoms with Crippen molar-refractivity contribution >= 4 is 35.0 Å². The highest BCUT2D eigenvalue weighted by molar-refractivity contribution is 6.42. The average molecular weight is 517 g/mol. The maximum absolute atomic E-state index is 13.5. The molecule has 184 valence electrons. The van der Waals surface area contributed by atoms with E-state index in [9.17, 15) is 14.8 Å². The topological polar surface area (TPSA) is 87.0 Å². The predicted octanol–water partition coefficient (Wildman–Crippen LogP) is 3.99. The van der Waals surface area contributed by atoms with Crippen molar-refractivity contribution in [2.24, 2.45) is 7.05 Å². The molecule has 8 nitrogen and oxygen atoms in total. The predicted molar refractivity (Wildman–Crippen MR) is 133 cm³/mol. The van der Waals surface area contributed by atoms with E-state index in [0.29, 0.717) is 28.7 Å². The molecule has 3 aromatic rings. The number of halogens is 2. The Balaban J connectivity index is 1.50. The second kappa shape index (κ2) is 11.1. The minimum absolute atomic E-state index is 0.0404. The average Bonchev–Trinajstić information content (AvgIpc) is 3.20. The summed E-state index contributed by atoms with van der Waals surface area (Å²) in [5.41, 5.74) is 3.86. The first-order valence-corrected chi connectivity index (χ1v) is 11.9. The van der Waals surface area contributed by atoms with Crippen molar-refractivity contribution in [2.75, 3.05) is 26.2 Å². The van der Waals surface area contributed by atoms with Gasteiger partial charge < -0.3 is 14.2 Å². The number of benzene rings is 2. The van der Waals surface area contributed by atoms with Gasteiger partial charge in [0.05, 0.1) is 10.0 Å². The minimum Gasteiger partial charge on any atom is -0.486 e. The first-order chi connectivity index (χ1) is 16.9. The van der Waals surface area contributed by atoms with E-state index in [1.807, 2.05) is 18.2 Å². The molecular weight excluding hydrogens is 491 g/mol. The largest absolute Gasteiger partial charge is 0.486 e. The number of aromatic nitrogens is 1. The fourth-order valence-electron chi connectivity index (χ4n) is 4.13. The van der Waals surface area contributed by atoms with E-state index < -0.39 is 5.91 Å². The van der Waals surface area contributed by atoms with Crippen LogP contribution >= 0.6 is 23.2 Å². The lowest BCUT2D eigenvalue weighted by atomic mass is 10.1.